The Bertz CT molecular complexity index is 727. The molecule has 0 N–H and O–H groups in total. The first-order valence-electron chi connectivity index (χ1n) is 9.05. The number of likely N-dealkylation sites (tertiary alicyclic amines) is 1. The lowest BCUT2D eigenvalue weighted by Crippen LogP contribution is -2.41. The number of carbonyl (C=O) groups excluding carboxylic acids is 1. The van der Waals surface area contributed by atoms with Crippen molar-refractivity contribution >= 4 is 27.5 Å². The van der Waals surface area contributed by atoms with Gasteiger partial charge < -0.3 is 9.64 Å². The first-order chi connectivity index (χ1) is 12.3. The third-order valence-corrected chi connectivity index (χ3v) is 7.02. The number of piperidine rings is 1. The molecular weight excluding hydrogens is 376 g/mol. The van der Waals surface area contributed by atoms with Crippen molar-refractivity contribution in [2.45, 2.75) is 44.6 Å². The van der Waals surface area contributed by atoms with Gasteiger partial charge >= 0.3 is 0 Å². The van der Waals surface area contributed by atoms with Gasteiger partial charge in [-0.15, -0.1) is 0 Å². The highest BCUT2D eigenvalue weighted by atomic mass is 35.5. The fourth-order valence-corrected chi connectivity index (χ4v) is 4.86. The van der Waals surface area contributed by atoms with Gasteiger partial charge in [0.15, 0.2) is 0 Å². The maximum absolute atomic E-state index is 12.9. The Morgan fingerprint density at radius 3 is 2.38 bits per heavy atom. The maximum atomic E-state index is 12.9. The molecule has 0 atom stereocenters. The normalized spacial score (nSPS) is 16.3. The van der Waals surface area contributed by atoms with Crippen molar-refractivity contribution in [3.05, 3.63) is 28.8 Å². The first kappa shape index (κ1) is 21.2. The van der Waals surface area contributed by atoms with Gasteiger partial charge in [0, 0.05) is 32.8 Å². The van der Waals surface area contributed by atoms with E-state index in [0.717, 1.165) is 12.8 Å². The zero-order chi connectivity index (χ0) is 19.3. The molecule has 6 nitrogen and oxygen atoms in total. The molecule has 0 saturated carbocycles. The van der Waals surface area contributed by atoms with E-state index in [1.807, 2.05) is 6.92 Å². The number of ether oxygens (including phenoxy) is 1. The molecule has 1 heterocycles. The maximum Gasteiger partial charge on any atom is 0.255 e. The zero-order valence-corrected chi connectivity index (χ0v) is 17.1. The molecule has 26 heavy (non-hydrogen) atoms. The number of benzene rings is 1. The summed E-state index contributed by atoms with van der Waals surface area (Å²) in [6.07, 6.45) is 1.72. The number of nitrogens with zero attached hydrogens (tertiary/aromatic N) is 2. The largest absolute Gasteiger partial charge is 0.378 e. The van der Waals surface area contributed by atoms with Crippen LogP contribution < -0.4 is 0 Å². The van der Waals surface area contributed by atoms with Crippen molar-refractivity contribution in [1.82, 2.24) is 9.21 Å². The molecule has 0 unspecified atom stereocenters. The minimum Gasteiger partial charge on any atom is -0.378 e. The van der Waals surface area contributed by atoms with Crippen molar-refractivity contribution in [2.75, 3.05) is 32.8 Å². The molecule has 0 radical (unpaired) electrons. The molecule has 0 bridgehead atoms. The van der Waals surface area contributed by atoms with Crippen molar-refractivity contribution in [1.29, 1.82) is 0 Å². The number of carbonyl (C=O) groups is 1. The summed E-state index contributed by atoms with van der Waals surface area (Å²) in [5.41, 5.74) is 0.231. The van der Waals surface area contributed by atoms with E-state index in [4.69, 9.17) is 16.3 Å². The summed E-state index contributed by atoms with van der Waals surface area (Å²) < 4.78 is 32.4. The van der Waals surface area contributed by atoms with E-state index in [0.29, 0.717) is 32.8 Å². The highest BCUT2D eigenvalue weighted by Gasteiger charge is 2.28. The van der Waals surface area contributed by atoms with Gasteiger partial charge in [-0.1, -0.05) is 25.4 Å². The summed E-state index contributed by atoms with van der Waals surface area (Å²) >= 11 is 6.21. The second kappa shape index (κ2) is 9.17. The zero-order valence-electron chi connectivity index (χ0n) is 15.6. The van der Waals surface area contributed by atoms with Crippen LogP contribution in [0.4, 0.5) is 0 Å². The lowest BCUT2D eigenvalue weighted by atomic mass is 10.1. The Hall–Kier alpha value is -1.15. The average Bonchev–Trinajstić information content (AvgIpc) is 2.63. The van der Waals surface area contributed by atoms with Crippen LogP contribution in [0.25, 0.3) is 0 Å². The second-order valence-corrected chi connectivity index (χ2v) is 8.52. The fourth-order valence-electron chi connectivity index (χ4n) is 3.17. The molecule has 1 fully saturated rings. The molecule has 0 aliphatic carbocycles. The smallest absolute Gasteiger partial charge is 0.255 e. The third kappa shape index (κ3) is 4.57. The van der Waals surface area contributed by atoms with Crippen molar-refractivity contribution in [3.63, 3.8) is 0 Å². The van der Waals surface area contributed by atoms with Crippen LogP contribution >= 0.6 is 11.6 Å². The lowest BCUT2D eigenvalue weighted by Gasteiger charge is -2.32. The SMILES string of the molecule is CCOC1CCN(C(=O)c2cc(S(=O)(=O)N(CC)CC)ccc2Cl)CC1. The molecule has 8 heteroatoms. The summed E-state index contributed by atoms with van der Waals surface area (Å²) in [7, 11) is -3.64. The predicted molar refractivity (Wildman–Crippen MR) is 102 cm³/mol. The van der Waals surface area contributed by atoms with E-state index in [1.54, 1.807) is 18.7 Å². The Labute approximate surface area is 161 Å². The quantitative estimate of drug-likeness (QED) is 0.703. The van der Waals surface area contributed by atoms with E-state index in [1.165, 1.54) is 22.5 Å². The average molecular weight is 403 g/mol. The summed E-state index contributed by atoms with van der Waals surface area (Å²) in [6.45, 7) is 8.08. The highest BCUT2D eigenvalue weighted by Crippen LogP contribution is 2.25. The van der Waals surface area contributed by atoms with Gasteiger partial charge in [-0.25, -0.2) is 8.42 Å². The van der Waals surface area contributed by atoms with Gasteiger partial charge in [-0.05, 0) is 38.0 Å². The lowest BCUT2D eigenvalue weighted by molar-refractivity contribution is 0.0146. The van der Waals surface area contributed by atoms with Crippen molar-refractivity contribution in [3.8, 4) is 0 Å². The summed E-state index contributed by atoms with van der Waals surface area (Å²) in [4.78, 5) is 14.7. The Morgan fingerprint density at radius 1 is 1.23 bits per heavy atom. The van der Waals surface area contributed by atoms with E-state index >= 15 is 0 Å². The number of rotatable bonds is 7. The molecule has 2 rings (SSSR count). The molecule has 1 aliphatic heterocycles. The molecule has 146 valence electrons. The molecule has 1 aliphatic rings. The van der Waals surface area contributed by atoms with E-state index in [2.05, 4.69) is 0 Å². The predicted octanol–water partition coefficient (Wildman–Crippen LogP) is 3.01. The van der Waals surface area contributed by atoms with Crippen molar-refractivity contribution < 1.29 is 17.9 Å². The van der Waals surface area contributed by atoms with Crippen LogP contribution in [0.15, 0.2) is 23.1 Å². The Morgan fingerprint density at radius 2 is 1.85 bits per heavy atom. The van der Waals surface area contributed by atoms with Crippen molar-refractivity contribution in [2.24, 2.45) is 0 Å². The molecule has 1 aromatic rings. The number of halogens is 1. The molecular formula is C18H27ClN2O4S. The second-order valence-electron chi connectivity index (χ2n) is 6.18. The summed E-state index contributed by atoms with van der Waals surface area (Å²) in [5, 5.41) is 0.264. The minimum atomic E-state index is -3.64. The Kier molecular flexibility index (Phi) is 7.46. The Balaban J connectivity index is 2.24. The van der Waals surface area contributed by atoms with Crippen LogP contribution in [0.1, 0.15) is 44.0 Å². The van der Waals surface area contributed by atoms with Crippen LogP contribution in [0.5, 0.6) is 0 Å². The van der Waals surface area contributed by atoms with Gasteiger partial charge in [0.05, 0.1) is 21.6 Å². The van der Waals surface area contributed by atoms with Gasteiger partial charge in [0.2, 0.25) is 10.0 Å². The fraction of sp³-hybridized carbons (Fsp3) is 0.611. The monoisotopic (exact) mass is 402 g/mol. The summed E-state index contributed by atoms with van der Waals surface area (Å²) in [5.74, 6) is -0.235. The number of hydrogen-bond acceptors (Lipinski definition) is 4. The molecule has 1 amide bonds. The van der Waals surface area contributed by atoms with E-state index in [-0.39, 0.29) is 27.5 Å². The van der Waals surface area contributed by atoms with Gasteiger partial charge in [-0.3, -0.25) is 4.79 Å². The van der Waals surface area contributed by atoms with Gasteiger partial charge in [0.1, 0.15) is 0 Å². The van der Waals surface area contributed by atoms with Gasteiger partial charge in [0.25, 0.3) is 5.91 Å². The summed E-state index contributed by atoms with van der Waals surface area (Å²) in [6, 6.07) is 4.33. The van der Waals surface area contributed by atoms with Crippen LogP contribution in [0, 0.1) is 0 Å². The molecule has 1 saturated heterocycles. The highest BCUT2D eigenvalue weighted by molar-refractivity contribution is 7.89. The number of hydrogen-bond donors (Lipinski definition) is 0. The molecule has 0 spiro atoms. The number of amides is 1. The van der Waals surface area contributed by atoms with E-state index in [9.17, 15) is 13.2 Å². The van der Waals surface area contributed by atoms with Crippen LogP contribution in [0.3, 0.4) is 0 Å². The first-order valence-corrected chi connectivity index (χ1v) is 10.9. The van der Waals surface area contributed by atoms with E-state index < -0.39 is 10.0 Å². The van der Waals surface area contributed by atoms with Gasteiger partial charge in [-0.2, -0.15) is 4.31 Å². The topological polar surface area (TPSA) is 66.9 Å². The standard InChI is InChI=1S/C18H27ClN2O4S/c1-4-21(5-2)26(23,24)15-7-8-17(19)16(13-15)18(22)20-11-9-14(10-12-20)25-6-3/h7-8,13-14H,4-6,9-12H2,1-3H3. The molecule has 1 aromatic carbocycles. The third-order valence-electron chi connectivity index (χ3n) is 4.64. The minimum absolute atomic E-state index is 0.0955. The van der Waals surface area contributed by atoms with Crippen LogP contribution in [-0.2, 0) is 14.8 Å². The number of sulfonamides is 1. The molecule has 0 aromatic heterocycles. The van der Waals surface area contributed by atoms with Crippen LogP contribution in [0.2, 0.25) is 5.02 Å². The van der Waals surface area contributed by atoms with Crippen LogP contribution in [-0.4, -0.2) is 62.4 Å².